The number of nitrogen functional groups attached to an aromatic ring is 1. The Kier molecular flexibility index (Phi) is 5.11. The number of nitrogens with zero attached hydrogens (tertiary/aromatic N) is 2. The summed E-state index contributed by atoms with van der Waals surface area (Å²) in [5, 5.41) is 14.3. The number of hydrogen-bond acceptors (Lipinski definition) is 5. The highest BCUT2D eigenvalue weighted by Crippen LogP contribution is 2.31. The van der Waals surface area contributed by atoms with Gasteiger partial charge in [0.25, 0.3) is 0 Å². The molecule has 106 valence electrons. The first-order valence-electron chi connectivity index (χ1n) is 6.27. The van der Waals surface area contributed by atoms with Gasteiger partial charge in [0, 0.05) is 12.6 Å². The molecule has 1 aromatic rings. The largest absolute Gasteiger partial charge is 0.393 e. The van der Waals surface area contributed by atoms with Crippen molar-refractivity contribution in [2.75, 3.05) is 31.7 Å². The van der Waals surface area contributed by atoms with E-state index in [1.165, 1.54) is 0 Å². The summed E-state index contributed by atoms with van der Waals surface area (Å²) in [5.74, 6) is 0.350. The number of nitro groups is 1. The Bertz CT molecular complexity index is 446. The first-order chi connectivity index (χ1) is 8.82. The molecule has 1 atom stereocenters. The third kappa shape index (κ3) is 4.10. The Balaban J connectivity index is 3.02. The summed E-state index contributed by atoms with van der Waals surface area (Å²) in [6.45, 7) is 4.96. The fraction of sp³-hybridized carbons (Fsp3) is 0.538. The second-order valence-corrected chi connectivity index (χ2v) is 5.26. The lowest BCUT2D eigenvalue weighted by molar-refractivity contribution is -0.383. The van der Waals surface area contributed by atoms with E-state index in [-0.39, 0.29) is 17.4 Å². The lowest BCUT2D eigenvalue weighted by Crippen LogP contribution is -2.36. The number of rotatable bonds is 6. The molecule has 0 saturated heterocycles. The van der Waals surface area contributed by atoms with E-state index in [2.05, 4.69) is 24.1 Å². The highest BCUT2D eigenvalue weighted by atomic mass is 16.6. The second kappa shape index (κ2) is 6.38. The maximum Gasteiger partial charge on any atom is 0.314 e. The quantitative estimate of drug-likeness (QED) is 0.468. The molecule has 0 aromatic heterocycles. The molecule has 3 N–H and O–H groups in total. The fourth-order valence-corrected chi connectivity index (χ4v) is 1.90. The van der Waals surface area contributed by atoms with Crippen LogP contribution < -0.4 is 11.1 Å². The predicted molar refractivity (Wildman–Crippen MR) is 78.3 cm³/mol. The summed E-state index contributed by atoms with van der Waals surface area (Å²) >= 11 is 0. The number of para-hydroxylation sites is 1. The van der Waals surface area contributed by atoms with Crippen molar-refractivity contribution in [3.05, 3.63) is 28.3 Å². The number of nitrogens with two attached hydrogens (primary N) is 1. The Labute approximate surface area is 113 Å². The molecule has 1 unspecified atom stereocenters. The Morgan fingerprint density at radius 2 is 2.05 bits per heavy atom. The lowest BCUT2D eigenvalue weighted by Gasteiger charge is -2.26. The average molecular weight is 266 g/mol. The minimum absolute atomic E-state index is 0.0492. The molecule has 0 heterocycles. The highest BCUT2D eigenvalue weighted by molar-refractivity contribution is 5.74. The van der Waals surface area contributed by atoms with Gasteiger partial charge in [0.1, 0.15) is 11.4 Å². The van der Waals surface area contributed by atoms with Crippen LogP contribution in [0.4, 0.5) is 17.1 Å². The molecule has 0 amide bonds. The summed E-state index contributed by atoms with van der Waals surface area (Å²) in [5.41, 5.74) is 6.29. The van der Waals surface area contributed by atoms with E-state index in [1.807, 2.05) is 14.1 Å². The smallest absolute Gasteiger partial charge is 0.314 e. The van der Waals surface area contributed by atoms with Crippen molar-refractivity contribution in [2.45, 2.75) is 19.9 Å². The van der Waals surface area contributed by atoms with Crippen molar-refractivity contribution in [1.29, 1.82) is 0 Å². The SMILES string of the molecule is CC(C)C(CN(C)C)Nc1cccc(N)c1[N+](=O)[O-]. The van der Waals surface area contributed by atoms with E-state index in [9.17, 15) is 10.1 Å². The Morgan fingerprint density at radius 3 is 2.53 bits per heavy atom. The first kappa shape index (κ1) is 15.2. The fourth-order valence-electron chi connectivity index (χ4n) is 1.90. The molecular weight excluding hydrogens is 244 g/mol. The molecule has 0 bridgehead atoms. The summed E-state index contributed by atoms with van der Waals surface area (Å²) in [6.07, 6.45) is 0. The molecule has 1 rings (SSSR count). The van der Waals surface area contributed by atoms with Crippen molar-refractivity contribution < 1.29 is 4.92 Å². The van der Waals surface area contributed by atoms with Gasteiger partial charge in [0.05, 0.1) is 4.92 Å². The van der Waals surface area contributed by atoms with Crippen molar-refractivity contribution in [2.24, 2.45) is 5.92 Å². The van der Waals surface area contributed by atoms with Crippen LogP contribution in [-0.4, -0.2) is 36.5 Å². The normalized spacial score (nSPS) is 12.7. The summed E-state index contributed by atoms with van der Waals surface area (Å²) < 4.78 is 0. The first-order valence-corrected chi connectivity index (χ1v) is 6.27. The summed E-state index contributed by atoms with van der Waals surface area (Å²) in [7, 11) is 3.95. The predicted octanol–water partition coefficient (Wildman–Crippen LogP) is 2.18. The molecule has 0 aliphatic heterocycles. The highest BCUT2D eigenvalue weighted by Gasteiger charge is 2.22. The van der Waals surface area contributed by atoms with Crippen LogP contribution in [0.2, 0.25) is 0 Å². The van der Waals surface area contributed by atoms with E-state index >= 15 is 0 Å². The van der Waals surface area contributed by atoms with E-state index in [0.29, 0.717) is 11.6 Å². The molecular formula is C13H22N4O2. The Hall–Kier alpha value is -1.82. The zero-order valence-corrected chi connectivity index (χ0v) is 11.9. The number of anilines is 2. The van der Waals surface area contributed by atoms with Gasteiger partial charge in [-0.15, -0.1) is 0 Å². The molecule has 0 aliphatic carbocycles. The lowest BCUT2D eigenvalue weighted by atomic mass is 10.0. The van der Waals surface area contributed by atoms with E-state index in [0.717, 1.165) is 6.54 Å². The van der Waals surface area contributed by atoms with E-state index < -0.39 is 4.92 Å². The third-order valence-electron chi connectivity index (χ3n) is 2.96. The van der Waals surface area contributed by atoms with E-state index in [4.69, 9.17) is 5.73 Å². The Morgan fingerprint density at radius 1 is 1.42 bits per heavy atom. The maximum atomic E-state index is 11.1. The molecule has 0 radical (unpaired) electrons. The van der Waals surface area contributed by atoms with Crippen molar-refractivity contribution in [3.63, 3.8) is 0 Å². The number of nitro benzene ring substituents is 1. The van der Waals surface area contributed by atoms with Gasteiger partial charge in [-0.2, -0.15) is 0 Å². The summed E-state index contributed by atoms with van der Waals surface area (Å²) in [4.78, 5) is 12.7. The number of likely N-dealkylation sites (N-methyl/N-ethyl adjacent to an activating group) is 1. The van der Waals surface area contributed by atoms with E-state index in [1.54, 1.807) is 18.2 Å². The van der Waals surface area contributed by atoms with Gasteiger partial charge in [0.15, 0.2) is 0 Å². The number of nitrogens with one attached hydrogen (secondary N) is 1. The molecule has 0 fully saturated rings. The van der Waals surface area contributed by atoms with Crippen LogP contribution in [0.15, 0.2) is 18.2 Å². The van der Waals surface area contributed by atoms with Crippen LogP contribution in [-0.2, 0) is 0 Å². The standard InChI is InChI=1S/C13H22N4O2/c1-9(2)12(8-16(3)4)15-11-7-5-6-10(14)13(11)17(18)19/h5-7,9,12,15H,8,14H2,1-4H3. The van der Waals surface area contributed by atoms with Crippen LogP contribution in [0.3, 0.4) is 0 Å². The van der Waals surface area contributed by atoms with Crippen LogP contribution in [0.1, 0.15) is 13.8 Å². The minimum Gasteiger partial charge on any atom is -0.393 e. The second-order valence-electron chi connectivity index (χ2n) is 5.26. The molecule has 6 heteroatoms. The summed E-state index contributed by atoms with van der Waals surface area (Å²) in [6, 6.07) is 5.08. The average Bonchev–Trinajstić information content (AvgIpc) is 2.26. The van der Waals surface area contributed by atoms with Crippen LogP contribution in [0.5, 0.6) is 0 Å². The van der Waals surface area contributed by atoms with Gasteiger partial charge in [0.2, 0.25) is 0 Å². The molecule has 1 aromatic carbocycles. The minimum atomic E-state index is -0.440. The van der Waals surface area contributed by atoms with Gasteiger partial charge in [-0.05, 0) is 32.1 Å². The number of hydrogen-bond donors (Lipinski definition) is 2. The monoisotopic (exact) mass is 266 g/mol. The molecule has 6 nitrogen and oxygen atoms in total. The van der Waals surface area contributed by atoms with Gasteiger partial charge in [-0.25, -0.2) is 0 Å². The molecule has 0 spiro atoms. The third-order valence-corrected chi connectivity index (χ3v) is 2.96. The number of benzene rings is 1. The van der Waals surface area contributed by atoms with Gasteiger partial charge < -0.3 is 16.0 Å². The van der Waals surface area contributed by atoms with Crippen LogP contribution >= 0.6 is 0 Å². The zero-order valence-electron chi connectivity index (χ0n) is 11.9. The van der Waals surface area contributed by atoms with Crippen molar-refractivity contribution >= 4 is 17.1 Å². The van der Waals surface area contributed by atoms with Crippen LogP contribution in [0.25, 0.3) is 0 Å². The maximum absolute atomic E-state index is 11.1. The van der Waals surface area contributed by atoms with Gasteiger partial charge >= 0.3 is 5.69 Å². The van der Waals surface area contributed by atoms with Crippen molar-refractivity contribution in [1.82, 2.24) is 4.90 Å². The van der Waals surface area contributed by atoms with Crippen molar-refractivity contribution in [3.8, 4) is 0 Å². The molecule has 0 aliphatic rings. The molecule has 0 saturated carbocycles. The van der Waals surface area contributed by atoms with Crippen LogP contribution in [0, 0.1) is 16.0 Å². The molecule has 19 heavy (non-hydrogen) atoms. The van der Waals surface area contributed by atoms with Gasteiger partial charge in [-0.3, -0.25) is 10.1 Å². The topological polar surface area (TPSA) is 84.4 Å². The zero-order chi connectivity index (χ0) is 14.6. The van der Waals surface area contributed by atoms with Gasteiger partial charge in [-0.1, -0.05) is 19.9 Å².